The first-order valence-electron chi connectivity index (χ1n) is 9.66. The van der Waals surface area contributed by atoms with Crippen molar-refractivity contribution in [3.05, 3.63) is 64.4 Å². The van der Waals surface area contributed by atoms with Crippen LogP contribution in [-0.4, -0.2) is 39.5 Å². The lowest BCUT2D eigenvalue weighted by Crippen LogP contribution is -2.33. The molecule has 6 nitrogen and oxygen atoms in total. The second-order valence-electron chi connectivity index (χ2n) is 6.66. The molecule has 0 bridgehead atoms. The third-order valence-corrected chi connectivity index (χ3v) is 5.68. The van der Waals surface area contributed by atoms with Crippen molar-refractivity contribution in [1.82, 2.24) is 9.55 Å². The molecule has 0 fully saturated rings. The van der Waals surface area contributed by atoms with E-state index in [4.69, 9.17) is 0 Å². The van der Waals surface area contributed by atoms with Gasteiger partial charge in [-0.25, -0.2) is 4.98 Å². The monoisotopic (exact) mass is 411 g/mol. The summed E-state index contributed by atoms with van der Waals surface area (Å²) in [5.74, 6) is 0.134. The number of hydrogen-bond donors (Lipinski definition) is 1. The summed E-state index contributed by atoms with van der Waals surface area (Å²) >= 11 is 1.26. The number of aryl methyl sites for hydroxylation is 1. The topological polar surface area (TPSA) is 75.4 Å². The van der Waals surface area contributed by atoms with E-state index in [0.29, 0.717) is 35.6 Å². The van der Waals surface area contributed by atoms with E-state index >= 15 is 0 Å². The molecular formula is C22H25N3O3S. The van der Waals surface area contributed by atoms with Gasteiger partial charge in [0, 0.05) is 25.4 Å². The number of thioether (sulfide) groups is 1. The first-order chi connectivity index (χ1) is 14.1. The van der Waals surface area contributed by atoms with Crippen LogP contribution in [0.3, 0.4) is 0 Å². The van der Waals surface area contributed by atoms with E-state index in [9.17, 15) is 14.7 Å². The van der Waals surface area contributed by atoms with Crippen molar-refractivity contribution in [2.75, 3.05) is 23.8 Å². The third-order valence-electron chi connectivity index (χ3n) is 4.71. The van der Waals surface area contributed by atoms with Crippen LogP contribution < -0.4 is 10.5 Å². The maximum absolute atomic E-state index is 12.9. The maximum atomic E-state index is 12.9. The fourth-order valence-electron chi connectivity index (χ4n) is 3.24. The predicted molar refractivity (Wildman–Crippen MR) is 118 cm³/mol. The number of para-hydroxylation sites is 2. The standard InChI is InChI=1S/C22H25N3O3S/c1-3-24(19-12-7-4-9-16(19)2)20(27)15-29-22-23-18-11-6-5-10-17(18)21(28)25(22)13-8-14-26/h4-7,9-12,26H,3,8,13-15H2,1-2H3. The summed E-state index contributed by atoms with van der Waals surface area (Å²) in [7, 11) is 0. The molecule has 1 N–H and O–H groups in total. The first-order valence-corrected chi connectivity index (χ1v) is 10.6. The van der Waals surface area contributed by atoms with E-state index in [0.717, 1.165) is 11.3 Å². The van der Waals surface area contributed by atoms with Crippen LogP contribution in [0.5, 0.6) is 0 Å². The highest BCUT2D eigenvalue weighted by molar-refractivity contribution is 7.99. The van der Waals surface area contributed by atoms with E-state index in [-0.39, 0.29) is 23.8 Å². The van der Waals surface area contributed by atoms with Crippen LogP contribution in [0.1, 0.15) is 18.9 Å². The van der Waals surface area contributed by atoms with Crippen molar-refractivity contribution in [1.29, 1.82) is 0 Å². The molecule has 0 atom stereocenters. The highest BCUT2D eigenvalue weighted by Gasteiger charge is 2.18. The predicted octanol–water partition coefficient (Wildman–Crippen LogP) is 3.23. The maximum Gasteiger partial charge on any atom is 0.262 e. The molecule has 29 heavy (non-hydrogen) atoms. The Morgan fingerprint density at radius 2 is 1.90 bits per heavy atom. The van der Waals surface area contributed by atoms with Crippen LogP contribution in [0.25, 0.3) is 10.9 Å². The lowest BCUT2D eigenvalue weighted by Gasteiger charge is -2.23. The minimum atomic E-state index is -0.148. The summed E-state index contributed by atoms with van der Waals surface area (Å²) in [6.07, 6.45) is 0.450. The van der Waals surface area contributed by atoms with Gasteiger partial charge < -0.3 is 10.0 Å². The molecule has 0 aliphatic rings. The molecule has 1 heterocycles. The van der Waals surface area contributed by atoms with E-state index < -0.39 is 0 Å². The Labute approximate surface area is 174 Å². The largest absolute Gasteiger partial charge is 0.396 e. The Balaban J connectivity index is 1.88. The highest BCUT2D eigenvalue weighted by Crippen LogP contribution is 2.23. The SMILES string of the molecule is CCN(C(=O)CSc1nc2ccccc2c(=O)n1CCCO)c1ccccc1C. The number of hydrogen-bond acceptors (Lipinski definition) is 5. The Kier molecular flexibility index (Phi) is 7.06. The molecule has 0 unspecified atom stereocenters. The highest BCUT2D eigenvalue weighted by atomic mass is 32.2. The Morgan fingerprint density at radius 3 is 2.62 bits per heavy atom. The lowest BCUT2D eigenvalue weighted by molar-refractivity contribution is -0.116. The average Bonchev–Trinajstić information content (AvgIpc) is 2.73. The molecule has 3 aromatic rings. The molecule has 0 saturated carbocycles. The molecule has 2 aromatic carbocycles. The van der Waals surface area contributed by atoms with Gasteiger partial charge in [-0.15, -0.1) is 0 Å². The lowest BCUT2D eigenvalue weighted by atomic mass is 10.2. The summed E-state index contributed by atoms with van der Waals surface area (Å²) in [4.78, 5) is 32.2. The number of anilines is 1. The molecule has 0 saturated heterocycles. The average molecular weight is 412 g/mol. The van der Waals surface area contributed by atoms with Gasteiger partial charge in [-0.1, -0.05) is 42.1 Å². The Morgan fingerprint density at radius 1 is 1.17 bits per heavy atom. The van der Waals surface area contributed by atoms with Gasteiger partial charge in [0.15, 0.2) is 5.16 Å². The number of fused-ring (bicyclic) bond motifs is 1. The van der Waals surface area contributed by atoms with Crippen molar-refractivity contribution < 1.29 is 9.90 Å². The van der Waals surface area contributed by atoms with Crippen LogP contribution in [-0.2, 0) is 11.3 Å². The second-order valence-corrected chi connectivity index (χ2v) is 7.60. The van der Waals surface area contributed by atoms with Gasteiger partial charge in [0.2, 0.25) is 5.91 Å². The van der Waals surface area contributed by atoms with Gasteiger partial charge in [0.05, 0.1) is 16.7 Å². The number of benzene rings is 2. The number of aromatic nitrogens is 2. The Bertz CT molecular complexity index is 1060. The summed E-state index contributed by atoms with van der Waals surface area (Å²) in [6.45, 7) is 4.83. The molecule has 152 valence electrons. The van der Waals surface area contributed by atoms with Crippen molar-refractivity contribution in [2.45, 2.75) is 32.0 Å². The molecule has 0 radical (unpaired) electrons. The number of aliphatic hydroxyl groups excluding tert-OH is 1. The molecule has 0 aliphatic heterocycles. The van der Waals surface area contributed by atoms with E-state index in [2.05, 4.69) is 4.98 Å². The zero-order valence-electron chi connectivity index (χ0n) is 16.7. The summed E-state index contributed by atoms with van der Waals surface area (Å²) in [6, 6.07) is 15.0. The molecule has 7 heteroatoms. The summed E-state index contributed by atoms with van der Waals surface area (Å²) < 4.78 is 1.56. The number of amides is 1. The molecule has 0 spiro atoms. The van der Waals surface area contributed by atoms with Gasteiger partial charge in [-0.2, -0.15) is 0 Å². The van der Waals surface area contributed by atoms with Crippen molar-refractivity contribution in [2.24, 2.45) is 0 Å². The minimum Gasteiger partial charge on any atom is -0.396 e. The zero-order valence-corrected chi connectivity index (χ0v) is 17.5. The number of nitrogens with zero attached hydrogens (tertiary/aromatic N) is 3. The van der Waals surface area contributed by atoms with Gasteiger partial charge >= 0.3 is 0 Å². The van der Waals surface area contributed by atoms with Crippen molar-refractivity contribution in [3.63, 3.8) is 0 Å². The summed E-state index contributed by atoms with van der Waals surface area (Å²) in [5.41, 5.74) is 2.39. The van der Waals surface area contributed by atoms with Gasteiger partial charge in [-0.05, 0) is 44.0 Å². The zero-order chi connectivity index (χ0) is 20.8. The van der Waals surface area contributed by atoms with Crippen molar-refractivity contribution >= 4 is 34.3 Å². The minimum absolute atomic E-state index is 0.0147. The number of carbonyl (C=O) groups excluding carboxylic acids is 1. The second kappa shape index (κ2) is 9.71. The number of rotatable bonds is 8. The Hall–Kier alpha value is -2.64. The van der Waals surface area contributed by atoms with Crippen molar-refractivity contribution in [3.8, 4) is 0 Å². The van der Waals surface area contributed by atoms with Crippen LogP contribution in [0.4, 0.5) is 5.69 Å². The van der Waals surface area contributed by atoms with Crippen LogP contribution in [0.15, 0.2) is 58.5 Å². The van der Waals surface area contributed by atoms with Crippen LogP contribution in [0.2, 0.25) is 0 Å². The quantitative estimate of drug-likeness (QED) is 0.455. The molecule has 3 rings (SSSR count). The van der Waals surface area contributed by atoms with E-state index in [1.807, 2.05) is 44.2 Å². The molecule has 1 aromatic heterocycles. The van der Waals surface area contributed by atoms with Gasteiger partial charge in [0.25, 0.3) is 5.56 Å². The fourth-order valence-corrected chi connectivity index (χ4v) is 4.14. The molecule has 0 aliphatic carbocycles. The third kappa shape index (κ3) is 4.68. The number of aliphatic hydroxyl groups is 1. The summed E-state index contributed by atoms with van der Waals surface area (Å²) in [5, 5.41) is 10.2. The fraction of sp³-hybridized carbons (Fsp3) is 0.318. The number of carbonyl (C=O) groups is 1. The first kappa shape index (κ1) is 21.1. The molecular weight excluding hydrogens is 386 g/mol. The normalized spacial score (nSPS) is 11.0. The van der Waals surface area contributed by atoms with E-state index in [1.165, 1.54) is 11.8 Å². The van der Waals surface area contributed by atoms with Gasteiger partial charge in [0.1, 0.15) is 0 Å². The smallest absolute Gasteiger partial charge is 0.262 e. The van der Waals surface area contributed by atoms with Gasteiger partial charge in [-0.3, -0.25) is 14.2 Å². The van der Waals surface area contributed by atoms with E-state index in [1.54, 1.807) is 27.7 Å². The van der Waals surface area contributed by atoms with Crippen LogP contribution >= 0.6 is 11.8 Å². The molecule has 1 amide bonds. The van der Waals surface area contributed by atoms with Crippen LogP contribution in [0, 0.1) is 6.92 Å².